The van der Waals surface area contributed by atoms with Crippen molar-refractivity contribution in [3.8, 4) is 0 Å². The van der Waals surface area contributed by atoms with Gasteiger partial charge in [0, 0.05) is 10.6 Å². The first kappa shape index (κ1) is 13.8. The summed E-state index contributed by atoms with van der Waals surface area (Å²) in [4.78, 5) is 16.1. The molecule has 1 N–H and O–H groups in total. The van der Waals surface area contributed by atoms with Crippen LogP contribution in [0.3, 0.4) is 0 Å². The second-order valence-electron chi connectivity index (χ2n) is 4.25. The van der Waals surface area contributed by atoms with E-state index in [9.17, 15) is 4.79 Å². The average molecular weight is 295 g/mol. The van der Waals surface area contributed by atoms with Gasteiger partial charge in [-0.05, 0) is 49.2 Å². The smallest absolute Gasteiger partial charge is 0.255 e. The van der Waals surface area contributed by atoms with Crippen molar-refractivity contribution in [3.05, 3.63) is 57.3 Å². The van der Waals surface area contributed by atoms with Crippen LogP contribution in [-0.2, 0) is 0 Å². The minimum atomic E-state index is -0.197. The lowest BCUT2D eigenvalue weighted by Gasteiger charge is -2.08. The molecule has 0 radical (unpaired) electrons. The largest absolute Gasteiger partial charge is 0.321 e. The second kappa shape index (κ2) is 5.59. The molecule has 0 atom stereocenters. The molecule has 98 valence electrons. The molecule has 1 amide bonds. The van der Waals surface area contributed by atoms with Crippen LogP contribution in [0.5, 0.6) is 0 Å². The normalized spacial score (nSPS) is 10.3. The van der Waals surface area contributed by atoms with Crippen LogP contribution in [-0.4, -0.2) is 10.9 Å². The molecule has 1 heterocycles. The summed E-state index contributed by atoms with van der Waals surface area (Å²) in [5.74, 6) is -0.197. The van der Waals surface area contributed by atoms with Gasteiger partial charge in [0.25, 0.3) is 5.91 Å². The van der Waals surface area contributed by atoms with E-state index >= 15 is 0 Å². The fraction of sp³-hybridized carbons (Fsp3) is 0.143. The van der Waals surface area contributed by atoms with Crippen molar-refractivity contribution >= 4 is 34.8 Å². The van der Waals surface area contributed by atoms with E-state index in [-0.39, 0.29) is 5.91 Å². The number of aromatic nitrogens is 1. The number of hydrogen-bond acceptors (Lipinski definition) is 2. The van der Waals surface area contributed by atoms with E-state index in [1.165, 1.54) is 6.20 Å². The number of pyridine rings is 1. The third-order valence-electron chi connectivity index (χ3n) is 2.71. The topological polar surface area (TPSA) is 42.0 Å². The highest BCUT2D eigenvalue weighted by atomic mass is 35.5. The summed E-state index contributed by atoms with van der Waals surface area (Å²) in [6, 6.07) is 6.92. The summed E-state index contributed by atoms with van der Waals surface area (Å²) in [5, 5.41) is 3.82. The Hall–Kier alpha value is -1.58. The number of carbonyl (C=O) groups is 1. The van der Waals surface area contributed by atoms with Crippen LogP contribution in [0.2, 0.25) is 10.2 Å². The van der Waals surface area contributed by atoms with Gasteiger partial charge in [0.1, 0.15) is 5.15 Å². The lowest BCUT2D eigenvalue weighted by atomic mass is 10.1. The van der Waals surface area contributed by atoms with E-state index in [4.69, 9.17) is 23.2 Å². The van der Waals surface area contributed by atoms with Gasteiger partial charge in [0.15, 0.2) is 0 Å². The molecule has 0 aliphatic heterocycles. The number of rotatable bonds is 2. The van der Waals surface area contributed by atoms with Gasteiger partial charge in [-0.15, -0.1) is 0 Å². The van der Waals surface area contributed by atoms with Gasteiger partial charge in [-0.2, -0.15) is 0 Å². The van der Waals surface area contributed by atoms with Crippen LogP contribution < -0.4 is 5.32 Å². The molecule has 0 saturated carbocycles. The van der Waals surface area contributed by atoms with Crippen LogP contribution in [0.25, 0.3) is 0 Å². The zero-order chi connectivity index (χ0) is 14.0. The number of benzene rings is 1. The first-order valence-electron chi connectivity index (χ1n) is 5.67. The maximum atomic E-state index is 12.1. The summed E-state index contributed by atoms with van der Waals surface area (Å²) < 4.78 is 0. The third-order valence-corrected chi connectivity index (χ3v) is 3.34. The van der Waals surface area contributed by atoms with Crippen LogP contribution in [0.4, 0.5) is 5.69 Å². The molecule has 3 nitrogen and oxygen atoms in total. The lowest BCUT2D eigenvalue weighted by molar-refractivity contribution is 0.102. The average Bonchev–Trinajstić information content (AvgIpc) is 2.33. The van der Waals surface area contributed by atoms with Gasteiger partial charge in [0.05, 0.1) is 11.9 Å². The number of nitrogens with zero attached hydrogens (tertiary/aromatic N) is 1. The molecule has 2 rings (SSSR count). The summed E-state index contributed by atoms with van der Waals surface area (Å²) in [7, 11) is 0. The predicted molar refractivity (Wildman–Crippen MR) is 78.1 cm³/mol. The Morgan fingerprint density at radius 2 is 1.89 bits per heavy atom. The number of nitrogens with one attached hydrogen (secondary N) is 1. The molecule has 0 aliphatic carbocycles. The highest BCUT2D eigenvalue weighted by Crippen LogP contribution is 2.19. The van der Waals surface area contributed by atoms with Gasteiger partial charge < -0.3 is 5.32 Å². The van der Waals surface area contributed by atoms with Crippen molar-refractivity contribution in [3.63, 3.8) is 0 Å². The summed E-state index contributed by atoms with van der Waals surface area (Å²) >= 11 is 11.7. The van der Waals surface area contributed by atoms with Crippen LogP contribution >= 0.6 is 23.2 Å². The van der Waals surface area contributed by atoms with E-state index in [0.717, 1.165) is 11.1 Å². The van der Waals surface area contributed by atoms with Gasteiger partial charge >= 0.3 is 0 Å². The van der Waals surface area contributed by atoms with E-state index in [0.29, 0.717) is 21.4 Å². The highest BCUT2D eigenvalue weighted by molar-refractivity contribution is 6.31. The lowest BCUT2D eigenvalue weighted by Crippen LogP contribution is -2.13. The van der Waals surface area contributed by atoms with Crippen molar-refractivity contribution in [2.24, 2.45) is 0 Å². The summed E-state index contributed by atoms with van der Waals surface area (Å²) in [6.07, 6.45) is 1.53. The molecule has 19 heavy (non-hydrogen) atoms. The Bertz CT molecular complexity index is 641. The SMILES string of the molecule is Cc1cc(Cl)ccc1C(=O)Nc1cnc(Cl)c(C)c1. The molecule has 1 aromatic carbocycles. The van der Waals surface area contributed by atoms with Crippen molar-refractivity contribution in [1.82, 2.24) is 4.98 Å². The number of hydrogen-bond donors (Lipinski definition) is 1. The minimum absolute atomic E-state index is 0.197. The molecule has 0 aliphatic rings. The number of carbonyl (C=O) groups excluding carboxylic acids is 1. The Morgan fingerprint density at radius 1 is 1.16 bits per heavy atom. The Morgan fingerprint density at radius 3 is 2.53 bits per heavy atom. The molecular formula is C14H12Cl2N2O. The van der Waals surface area contributed by atoms with E-state index < -0.39 is 0 Å². The predicted octanol–water partition coefficient (Wildman–Crippen LogP) is 4.26. The maximum Gasteiger partial charge on any atom is 0.255 e. The van der Waals surface area contributed by atoms with Crippen LogP contribution in [0.1, 0.15) is 21.5 Å². The van der Waals surface area contributed by atoms with Crippen molar-refractivity contribution < 1.29 is 4.79 Å². The monoisotopic (exact) mass is 294 g/mol. The number of amides is 1. The van der Waals surface area contributed by atoms with Gasteiger partial charge in [-0.3, -0.25) is 4.79 Å². The zero-order valence-electron chi connectivity index (χ0n) is 10.5. The van der Waals surface area contributed by atoms with Gasteiger partial charge in [-0.25, -0.2) is 4.98 Å². The first-order chi connectivity index (χ1) is 8.97. The van der Waals surface area contributed by atoms with Crippen molar-refractivity contribution in [1.29, 1.82) is 0 Å². The maximum absolute atomic E-state index is 12.1. The first-order valence-corrected chi connectivity index (χ1v) is 6.42. The Balaban J connectivity index is 2.23. The minimum Gasteiger partial charge on any atom is -0.321 e. The molecule has 2 aromatic rings. The van der Waals surface area contributed by atoms with E-state index in [1.807, 2.05) is 13.8 Å². The quantitative estimate of drug-likeness (QED) is 0.841. The van der Waals surface area contributed by atoms with Crippen molar-refractivity contribution in [2.45, 2.75) is 13.8 Å². The standard InChI is InChI=1S/C14H12Cl2N2O/c1-8-5-10(15)3-4-12(8)14(19)18-11-6-9(2)13(16)17-7-11/h3-7H,1-2H3,(H,18,19). The molecular weight excluding hydrogens is 283 g/mol. The van der Waals surface area contributed by atoms with Crippen LogP contribution in [0.15, 0.2) is 30.5 Å². The molecule has 1 aromatic heterocycles. The molecule has 0 unspecified atom stereocenters. The summed E-state index contributed by atoms with van der Waals surface area (Å²) in [6.45, 7) is 3.67. The number of halogens is 2. The fourth-order valence-corrected chi connectivity index (χ4v) is 2.04. The molecule has 0 bridgehead atoms. The highest BCUT2D eigenvalue weighted by Gasteiger charge is 2.10. The second-order valence-corrected chi connectivity index (χ2v) is 5.04. The van der Waals surface area contributed by atoms with Gasteiger partial charge in [0.2, 0.25) is 0 Å². The molecule has 0 spiro atoms. The Kier molecular flexibility index (Phi) is 4.08. The van der Waals surface area contributed by atoms with E-state index in [2.05, 4.69) is 10.3 Å². The molecule has 5 heteroatoms. The van der Waals surface area contributed by atoms with Gasteiger partial charge in [-0.1, -0.05) is 23.2 Å². The van der Waals surface area contributed by atoms with Crippen molar-refractivity contribution in [2.75, 3.05) is 5.32 Å². The molecule has 0 saturated heterocycles. The van der Waals surface area contributed by atoms with Crippen LogP contribution in [0, 0.1) is 13.8 Å². The van der Waals surface area contributed by atoms with E-state index in [1.54, 1.807) is 24.3 Å². The summed E-state index contributed by atoms with van der Waals surface area (Å²) in [5.41, 5.74) is 2.83. The number of aryl methyl sites for hydroxylation is 2. The number of anilines is 1. The fourth-order valence-electron chi connectivity index (χ4n) is 1.71. The zero-order valence-corrected chi connectivity index (χ0v) is 12.0. The Labute approximate surface area is 121 Å². The molecule has 0 fully saturated rings. The third kappa shape index (κ3) is 3.25.